The van der Waals surface area contributed by atoms with E-state index in [1.165, 1.54) is 17.0 Å². The van der Waals surface area contributed by atoms with E-state index in [1.54, 1.807) is 29.7 Å². The van der Waals surface area contributed by atoms with Crippen LogP contribution in [0.25, 0.3) is 0 Å². The lowest BCUT2D eigenvalue weighted by molar-refractivity contribution is -0.117. The number of furan rings is 1. The molecule has 0 saturated carbocycles. The number of benzene rings is 1. The summed E-state index contributed by atoms with van der Waals surface area (Å²) >= 11 is 1.69. The second kappa shape index (κ2) is 10.3. The van der Waals surface area contributed by atoms with Gasteiger partial charge in [-0.1, -0.05) is 6.07 Å². The maximum Gasteiger partial charge on any atom is 0.262 e. The molecular formula is C23H26N4O4S2. The summed E-state index contributed by atoms with van der Waals surface area (Å²) in [5, 5.41) is 2.82. The van der Waals surface area contributed by atoms with Crippen molar-refractivity contribution in [3.05, 3.63) is 70.3 Å². The van der Waals surface area contributed by atoms with Crippen molar-refractivity contribution >= 4 is 38.8 Å². The summed E-state index contributed by atoms with van der Waals surface area (Å²) in [6, 6.07) is 14.0. The summed E-state index contributed by atoms with van der Waals surface area (Å²) in [4.78, 5) is 21.4. The fraction of sp³-hybridized carbons (Fsp3) is 0.304. The number of anilines is 1. The average molecular weight is 487 g/mol. The number of nitrogens with one attached hydrogen (secondary N) is 2. The molecule has 0 bridgehead atoms. The monoisotopic (exact) mass is 486 g/mol. The van der Waals surface area contributed by atoms with Gasteiger partial charge in [-0.25, -0.2) is 8.42 Å². The number of hydrogen-bond donors (Lipinski definition) is 2. The Morgan fingerprint density at radius 3 is 2.76 bits per heavy atom. The van der Waals surface area contributed by atoms with E-state index < -0.39 is 10.0 Å². The molecule has 0 aliphatic carbocycles. The average Bonchev–Trinajstić information content (AvgIpc) is 3.52. The molecule has 0 fully saturated rings. The van der Waals surface area contributed by atoms with Crippen LogP contribution in [0.2, 0.25) is 0 Å². The van der Waals surface area contributed by atoms with Gasteiger partial charge in [-0.2, -0.15) is 0 Å². The first kappa shape index (κ1) is 23.2. The third kappa shape index (κ3) is 6.53. The molecule has 3 aromatic rings. The number of aryl methyl sites for hydroxylation is 1. The Morgan fingerprint density at radius 2 is 2.06 bits per heavy atom. The Morgan fingerprint density at radius 1 is 1.18 bits per heavy atom. The highest BCUT2D eigenvalue weighted by atomic mass is 32.2. The Bertz CT molecular complexity index is 1230. The lowest BCUT2D eigenvalue weighted by Crippen LogP contribution is -2.32. The van der Waals surface area contributed by atoms with Crippen LogP contribution in [0.4, 0.5) is 5.69 Å². The van der Waals surface area contributed by atoms with Crippen LogP contribution >= 0.6 is 11.3 Å². The maximum absolute atomic E-state index is 12.8. The molecule has 3 heterocycles. The number of carbonyl (C=O) groups excluding carboxylic acids is 1. The van der Waals surface area contributed by atoms with E-state index in [0.29, 0.717) is 37.6 Å². The molecule has 10 heteroatoms. The lowest BCUT2D eigenvalue weighted by atomic mass is 10.3. The SMILES string of the molecule is Cc1ccc(CN(CC(=O)Nc2cccc(S(=O)(=O)NC3=NCCC3)c2)Cc2ccco2)s1. The molecule has 0 atom stereocenters. The number of aliphatic imine (C=N–C) groups is 1. The first-order chi connectivity index (χ1) is 15.9. The van der Waals surface area contributed by atoms with Crippen LogP contribution < -0.4 is 10.0 Å². The normalized spacial score (nSPS) is 13.8. The molecule has 174 valence electrons. The number of hydrogen-bond acceptors (Lipinski definition) is 7. The topological polar surface area (TPSA) is 104 Å². The van der Waals surface area contributed by atoms with Gasteiger partial charge in [0, 0.05) is 35.0 Å². The number of thiophene rings is 1. The predicted molar refractivity (Wildman–Crippen MR) is 129 cm³/mol. The summed E-state index contributed by atoms with van der Waals surface area (Å²) in [5.41, 5.74) is 0.418. The predicted octanol–water partition coefficient (Wildman–Crippen LogP) is 3.76. The van der Waals surface area contributed by atoms with Crippen LogP contribution in [0, 0.1) is 6.92 Å². The van der Waals surface area contributed by atoms with Crippen LogP contribution in [0.15, 0.2) is 69.1 Å². The van der Waals surface area contributed by atoms with Gasteiger partial charge in [0.2, 0.25) is 5.91 Å². The van der Waals surface area contributed by atoms with Crippen LogP contribution in [0.5, 0.6) is 0 Å². The molecule has 0 saturated heterocycles. The molecule has 33 heavy (non-hydrogen) atoms. The van der Waals surface area contributed by atoms with Gasteiger partial charge in [-0.15, -0.1) is 11.3 Å². The van der Waals surface area contributed by atoms with Crippen molar-refractivity contribution in [2.75, 3.05) is 18.4 Å². The third-order valence-electron chi connectivity index (χ3n) is 5.06. The fourth-order valence-corrected chi connectivity index (χ4v) is 5.63. The maximum atomic E-state index is 12.8. The number of rotatable bonds is 9. The lowest BCUT2D eigenvalue weighted by Gasteiger charge is -2.20. The molecule has 1 amide bonds. The van der Waals surface area contributed by atoms with Gasteiger partial charge in [0.25, 0.3) is 10.0 Å². The zero-order valence-corrected chi connectivity index (χ0v) is 19.9. The molecule has 1 aromatic carbocycles. The number of sulfonamides is 1. The van der Waals surface area contributed by atoms with Crippen molar-refractivity contribution in [2.24, 2.45) is 4.99 Å². The highest BCUT2D eigenvalue weighted by Crippen LogP contribution is 2.20. The van der Waals surface area contributed by atoms with Crippen molar-refractivity contribution in [3.63, 3.8) is 0 Å². The zero-order chi connectivity index (χ0) is 23.3. The summed E-state index contributed by atoms with van der Waals surface area (Å²) < 4.78 is 33.3. The van der Waals surface area contributed by atoms with E-state index in [0.717, 1.165) is 17.1 Å². The Kier molecular flexibility index (Phi) is 7.26. The third-order valence-corrected chi connectivity index (χ3v) is 7.42. The zero-order valence-electron chi connectivity index (χ0n) is 18.3. The minimum absolute atomic E-state index is 0.0800. The largest absolute Gasteiger partial charge is 0.468 e. The number of nitrogens with zero attached hydrogens (tertiary/aromatic N) is 2. The van der Waals surface area contributed by atoms with Crippen LogP contribution in [-0.2, 0) is 27.9 Å². The molecule has 2 N–H and O–H groups in total. The Labute approximate surface area is 197 Å². The van der Waals surface area contributed by atoms with Gasteiger partial charge in [-0.3, -0.25) is 19.4 Å². The second-order valence-electron chi connectivity index (χ2n) is 7.85. The fourth-order valence-electron chi connectivity index (χ4n) is 3.56. The van der Waals surface area contributed by atoms with Gasteiger partial charge in [0.15, 0.2) is 0 Å². The van der Waals surface area contributed by atoms with E-state index in [4.69, 9.17) is 4.42 Å². The van der Waals surface area contributed by atoms with Crippen molar-refractivity contribution < 1.29 is 17.6 Å². The van der Waals surface area contributed by atoms with E-state index in [-0.39, 0.29) is 17.3 Å². The minimum Gasteiger partial charge on any atom is -0.468 e. The van der Waals surface area contributed by atoms with Crippen LogP contribution in [0.1, 0.15) is 28.4 Å². The van der Waals surface area contributed by atoms with Gasteiger partial charge in [0.05, 0.1) is 24.2 Å². The van der Waals surface area contributed by atoms with Crippen LogP contribution in [0.3, 0.4) is 0 Å². The van der Waals surface area contributed by atoms with E-state index in [9.17, 15) is 13.2 Å². The second-order valence-corrected chi connectivity index (χ2v) is 10.9. The van der Waals surface area contributed by atoms with Crippen molar-refractivity contribution in [3.8, 4) is 0 Å². The first-order valence-electron chi connectivity index (χ1n) is 10.6. The molecule has 2 aromatic heterocycles. The molecule has 1 aliphatic rings. The van der Waals surface area contributed by atoms with Crippen LogP contribution in [-0.4, -0.2) is 38.2 Å². The smallest absolute Gasteiger partial charge is 0.262 e. The van der Waals surface area contributed by atoms with E-state index in [2.05, 4.69) is 27.2 Å². The first-order valence-corrected chi connectivity index (χ1v) is 12.9. The number of amidine groups is 1. The highest BCUT2D eigenvalue weighted by Gasteiger charge is 2.19. The molecule has 1 aliphatic heterocycles. The van der Waals surface area contributed by atoms with Gasteiger partial charge >= 0.3 is 0 Å². The Hall–Kier alpha value is -2.95. The Balaban J connectivity index is 1.43. The van der Waals surface area contributed by atoms with Crippen molar-refractivity contribution in [1.29, 1.82) is 0 Å². The summed E-state index contributed by atoms with van der Waals surface area (Å²) in [7, 11) is -3.75. The standard InChI is InChI=1S/C23H26N4O4S2/c1-17-9-10-20(32-17)15-27(14-19-6-4-12-31-19)16-23(28)25-18-5-2-7-21(13-18)33(29,30)26-22-8-3-11-24-22/h2,4-7,9-10,12-13H,3,8,11,14-16H2,1H3,(H,24,26)(H,25,28). The summed E-state index contributed by atoms with van der Waals surface area (Å²) in [6.07, 6.45) is 3.07. The van der Waals surface area contributed by atoms with Gasteiger partial charge in [-0.05, 0) is 55.8 Å². The highest BCUT2D eigenvalue weighted by molar-refractivity contribution is 7.90. The molecule has 0 radical (unpaired) electrons. The van der Waals surface area contributed by atoms with Crippen molar-refractivity contribution in [1.82, 2.24) is 9.62 Å². The number of carbonyl (C=O) groups is 1. The minimum atomic E-state index is -3.75. The van der Waals surface area contributed by atoms with Crippen molar-refractivity contribution in [2.45, 2.75) is 37.8 Å². The van der Waals surface area contributed by atoms with E-state index >= 15 is 0 Å². The van der Waals surface area contributed by atoms with Gasteiger partial charge in [0.1, 0.15) is 11.6 Å². The molecule has 0 spiro atoms. The molecule has 0 unspecified atom stereocenters. The molecular weight excluding hydrogens is 460 g/mol. The summed E-state index contributed by atoms with van der Waals surface area (Å²) in [6.45, 7) is 3.90. The van der Waals surface area contributed by atoms with E-state index in [1.807, 2.05) is 24.0 Å². The summed E-state index contributed by atoms with van der Waals surface area (Å²) in [5.74, 6) is 1.00. The quantitative estimate of drug-likeness (QED) is 0.479. The number of amides is 1. The van der Waals surface area contributed by atoms with Gasteiger partial charge < -0.3 is 9.73 Å². The molecule has 8 nitrogen and oxygen atoms in total. The molecule has 4 rings (SSSR count).